The molecule has 3 rings (SSSR count). The first-order valence-corrected chi connectivity index (χ1v) is 9.80. The van der Waals surface area contributed by atoms with Crippen LogP contribution in [-0.2, 0) is 9.53 Å². The van der Waals surface area contributed by atoms with Gasteiger partial charge in [0.05, 0.1) is 10.8 Å². The zero-order valence-electron chi connectivity index (χ0n) is 14.3. The summed E-state index contributed by atoms with van der Waals surface area (Å²) >= 11 is 13.2. The van der Waals surface area contributed by atoms with Crippen molar-refractivity contribution in [1.82, 2.24) is 10.2 Å². The van der Waals surface area contributed by atoms with Crippen molar-refractivity contribution < 1.29 is 14.6 Å². The number of aliphatic hydroxyl groups excluding tert-OH is 1. The van der Waals surface area contributed by atoms with Crippen LogP contribution in [0.1, 0.15) is 26.2 Å². The molecule has 0 radical (unpaired) electrons. The Balaban J connectivity index is 1.84. The minimum absolute atomic E-state index is 0.0343. The molecule has 3 aliphatic rings. The number of carbonyl (C=O) groups is 1. The largest absolute Gasteiger partial charge is 0.387 e. The Kier molecular flexibility index (Phi) is 5.98. The number of hydrogen-bond donors (Lipinski definition) is 2. The van der Waals surface area contributed by atoms with Crippen LogP contribution in [-0.4, -0.2) is 71.7 Å². The molecule has 138 valence electrons. The van der Waals surface area contributed by atoms with Crippen LogP contribution in [0.2, 0.25) is 0 Å². The van der Waals surface area contributed by atoms with Crippen LogP contribution in [0.5, 0.6) is 0 Å². The number of aliphatic hydroxyl groups is 1. The quantitative estimate of drug-likeness (QED) is 0.726. The van der Waals surface area contributed by atoms with Crippen LogP contribution >= 0.6 is 23.2 Å². The summed E-state index contributed by atoms with van der Waals surface area (Å²) in [5.74, 6) is 1.02. The summed E-state index contributed by atoms with van der Waals surface area (Å²) in [5.41, 5.74) is 0. The van der Waals surface area contributed by atoms with Gasteiger partial charge >= 0.3 is 0 Å². The lowest BCUT2D eigenvalue weighted by atomic mass is 9.66. The number of nitrogens with one attached hydrogen (secondary N) is 1. The topological polar surface area (TPSA) is 61.8 Å². The van der Waals surface area contributed by atoms with E-state index in [4.69, 9.17) is 27.9 Å². The van der Waals surface area contributed by atoms with Gasteiger partial charge < -0.3 is 20.1 Å². The maximum absolute atomic E-state index is 12.1. The van der Waals surface area contributed by atoms with E-state index in [0.717, 1.165) is 25.9 Å². The van der Waals surface area contributed by atoms with E-state index in [1.54, 1.807) is 7.11 Å². The molecule has 1 amide bonds. The molecule has 2 aliphatic heterocycles. The van der Waals surface area contributed by atoms with Gasteiger partial charge in [-0.25, -0.2) is 0 Å². The van der Waals surface area contributed by atoms with Gasteiger partial charge in [-0.15, -0.1) is 23.2 Å². The molecule has 2 N–H and O–H groups in total. The lowest BCUT2D eigenvalue weighted by Crippen LogP contribution is -2.55. The molecular weight excluding hydrogens is 351 g/mol. The molecule has 1 saturated carbocycles. The maximum Gasteiger partial charge on any atom is 0.248 e. The number of methoxy groups -OCH3 is 1. The number of likely N-dealkylation sites (tertiary alicyclic amines) is 1. The molecule has 0 aromatic rings. The molecule has 5 nitrogen and oxygen atoms in total. The number of carbonyl (C=O) groups excluding carboxylic acids is 1. The van der Waals surface area contributed by atoms with Crippen LogP contribution in [0.3, 0.4) is 0 Å². The molecule has 0 aromatic heterocycles. The molecule has 2 saturated heterocycles. The SMILES string of the molecule is COCCC1CC(Cl)C(Cl)C2NC3CCN(C(=O)CO)[C@@H](C)C3C12. The van der Waals surface area contributed by atoms with Crippen molar-refractivity contribution in [3.05, 3.63) is 0 Å². The van der Waals surface area contributed by atoms with Crippen LogP contribution in [0, 0.1) is 17.8 Å². The molecule has 0 aromatic carbocycles. The smallest absolute Gasteiger partial charge is 0.248 e. The van der Waals surface area contributed by atoms with Gasteiger partial charge in [0.25, 0.3) is 0 Å². The van der Waals surface area contributed by atoms with Crippen LogP contribution in [0.25, 0.3) is 0 Å². The number of rotatable bonds is 4. The van der Waals surface area contributed by atoms with Gasteiger partial charge in [0, 0.05) is 38.4 Å². The highest BCUT2D eigenvalue weighted by Gasteiger charge is 2.56. The number of nitrogens with zero attached hydrogens (tertiary/aromatic N) is 1. The maximum atomic E-state index is 12.1. The third-order valence-corrected chi connectivity index (χ3v) is 7.52. The van der Waals surface area contributed by atoms with E-state index in [0.29, 0.717) is 30.3 Å². The van der Waals surface area contributed by atoms with Crippen LogP contribution in [0.15, 0.2) is 0 Å². The van der Waals surface area contributed by atoms with Gasteiger partial charge in [-0.05, 0) is 43.9 Å². The van der Waals surface area contributed by atoms with Crippen molar-refractivity contribution in [3.63, 3.8) is 0 Å². The number of alkyl halides is 2. The van der Waals surface area contributed by atoms with E-state index in [1.165, 1.54) is 0 Å². The minimum Gasteiger partial charge on any atom is -0.387 e. The molecule has 2 heterocycles. The van der Waals surface area contributed by atoms with Gasteiger partial charge in [-0.2, -0.15) is 0 Å². The molecular formula is C17H28Cl2N2O3. The highest BCUT2D eigenvalue weighted by atomic mass is 35.5. The van der Waals surface area contributed by atoms with Crippen LogP contribution < -0.4 is 5.32 Å². The summed E-state index contributed by atoms with van der Waals surface area (Å²) in [6.45, 7) is 3.10. The monoisotopic (exact) mass is 378 g/mol. The predicted octanol–water partition coefficient (Wildman–Crippen LogP) is 1.44. The van der Waals surface area contributed by atoms with Gasteiger partial charge in [0.15, 0.2) is 0 Å². The molecule has 3 fully saturated rings. The average molecular weight is 379 g/mol. The third kappa shape index (κ3) is 3.18. The highest BCUT2D eigenvalue weighted by Crippen LogP contribution is 2.49. The highest BCUT2D eigenvalue weighted by molar-refractivity contribution is 6.30. The van der Waals surface area contributed by atoms with E-state index < -0.39 is 6.61 Å². The number of fused-ring (bicyclic) bond motifs is 3. The summed E-state index contributed by atoms with van der Waals surface area (Å²) < 4.78 is 5.30. The zero-order chi connectivity index (χ0) is 17.4. The first-order chi connectivity index (χ1) is 11.5. The van der Waals surface area contributed by atoms with Crippen molar-refractivity contribution in [2.45, 2.75) is 55.1 Å². The Morgan fingerprint density at radius 3 is 2.79 bits per heavy atom. The normalized spacial score (nSPS) is 45.0. The molecule has 8 atom stereocenters. The Bertz CT molecular complexity index is 467. The number of hydrogen-bond acceptors (Lipinski definition) is 4. The standard InChI is InChI=1S/C17H28Cl2N2O3/c1-9-14-12(3-5-21(9)13(23)8-22)20-17-15(14)10(4-6-24-2)7-11(18)16(17)19/h9-12,14-17,20,22H,3-8H2,1-2H3/t9-,10?,11?,12?,14?,15?,16?,17?/m0/s1. The molecule has 1 aliphatic carbocycles. The second-order valence-electron chi connectivity index (χ2n) is 7.47. The van der Waals surface area contributed by atoms with Crippen molar-refractivity contribution in [1.29, 1.82) is 0 Å². The number of ether oxygens (including phenoxy) is 1. The Labute approximate surface area is 154 Å². The number of piperidine rings is 1. The fraction of sp³-hybridized carbons (Fsp3) is 0.941. The Hall–Kier alpha value is -0.0700. The summed E-state index contributed by atoms with van der Waals surface area (Å²) in [6, 6.07) is 0.657. The van der Waals surface area contributed by atoms with Gasteiger partial charge in [0.1, 0.15) is 6.61 Å². The third-order valence-electron chi connectivity index (χ3n) is 6.37. The molecule has 24 heavy (non-hydrogen) atoms. The van der Waals surface area contributed by atoms with Gasteiger partial charge in [-0.3, -0.25) is 4.79 Å². The Morgan fingerprint density at radius 2 is 2.12 bits per heavy atom. The predicted molar refractivity (Wildman–Crippen MR) is 94.5 cm³/mol. The first-order valence-electron chi connectivity index (χ1n) is 8.93. The van der Waals surface area contributed by atoms with E-state index in [1.807, 2.05) is 4.90 Å². The second kappa shape index (κ2) is 7.67. The molecule has 0 bridgehead atoms. The van der Waals surface area contributed by atoms with Gasteiger partial charge in [0.2, 0.25) is 5.91 Å². The van der Waals surface area contributed by atoms with E-state index in [9.17, 15) is 9.90 Å². The summed E-state index contributed by atoms with van der Waals surface area (Å²) in [4.78, 5) is 13.9. The minimum atomic E-state index is -0.418. The summed E-state index contributed by atoms with van der Waals surface area (Å²) in [6.07, 6.45) is 2.77. The summed E-state index contributed by atoms with van der Waals surface area (Å²) in [5, 5.41) is 12.9. The lowest BCUT2D eigenvalue weighted by Gasteiger charge is -2.47. The van der Waals surface area contributed by atoms with Crippen molar-refractivity contribution in [2.24, 2.45) is 17.8 Å². The lowest BCUT2D eigenvalue weighted by molar-refractivity contribution is -0.140. The van der Waals surface area contributed by atoms with E-state index in [-0.39, 0.29) is 28.7 Å². The number of amides is 1. The van der Waals surface area contributed by atoms with Crippen molar-refractivity contribution in [2.75, 3.05) is 26.9 Å². The van der Waals surface area contributed by atoms with Crippen molar-refractivity contribution >= 4 is 29.1 Å². The van der Waals surface area contributed by atoms with E-state index in [2.05, 4.69) is 12.2 Å². The fourth-order valence-corrected chi connectivity index (χ4v) is 6.06. The number of halogens is 2. The molecule has 7 heteroatoms. The van der Waals surface area contributed by atoms with Crippen LogP contribution in [0.4, 0.5) is 0 Å². The first kappa shape index (κ1) is 18.7. The van der Waals surface area contributed by atoms with E-state index >= 15 is 0 Å². The Morgan fingerprint density at radius 1 is 1.38 bits per heavy atom. The van der Waals surface area contributed by atoms with Gasteiger partial charge in [-0.1, -0.05) is 0 Å². The average Bonchev–Trinajstić information content (AvgIpc) is 2.97. The van der Waals surface area contributed by atoms with Crippen molar-refractivity contribution in [3.8, 4) is 0 Å². The molecule has 7 unspecified atom stereocenters. The zero-order valence-corrected chi connectivity index (χ0v) is 15.8. The molecule has 0 spiro atoms. The second-order valence-corrected chi connectivity index (χ2v) is 8.53. The summed E-state index contributed by atoms with van der Waals surface area (Å²) in [7, 11) is 1.73. The fourth-order valence-electron chi connectivity index (χ4n) is 5.34.